The van der Waals surface area contributed by atoms with Gasteiger partial charge in [-0.15, -0.1) is 0 Å². The van der Waals surface area contributed by atoms with E-state index in [0.717, 1.165) is 34.1 Å². The van der Waals surface area contributed by atoms with Crippen LogP contribution in [0, 0.1) is 0 Å². The molecule has 0 aliphatic carbocycles. The van der Waals surface area contributed by atoms with E-state index in [4.69, 9.17) is 0 Å². The summed E-state index contributed by atoms with van der Waals surface area (Å²) in [5.74, 6) is 0. The van der Waals surface area contributed by atoms with E-state index in [0.29, 0.717) is 0 Å². The molecule has 3 heterocycles. The fourth-order valence-electron chi connectivity index (χ4n) is 9.42. The summed E-state index contributed by atoms with van der Waals surface area (Å²) in [5.41, 5.74) is 15.0. The number of nitrogens with zero attached hydrogens (tertiary/aromatic N) is 4. The third-order valence-electron chi connectivity index (χ3n) is 12.0. The molecule has 0 radical (unpaired) electrons. The Balaban J connectivity index is 1.05. The van der Waals surface area contributed by atoms with Crippen LogP contribution in [-0.2, 0) is 0 Å². The third-order valence-corrected chi connectivity index (χ3v) is 12.0. The molecule has 0 unspecified atom stereocenters. The normalized spacial score (nSPS) is 11.7. The van der Waals surface area contributed by atoms with Crippen LogP contribution in [0.5, 0.6) is 0 Å². The molecule has 282 valence electrons. The first-order valence-electron chi connectivity index (χ1n) is 20.5. The number of para-hydroxylation sites is 5. The Morgan fingerprint density at radius 2 is 0.733 bits per heavy atom. The third kappa shape index (κ3) is 5.32. The lowest BCUT2D eigenvalue weighted by Gasteiger charge is -2.26. The van der Waals surface area contributed by atoms with Crippen LogP contribution in [0.2, 0.25) is 0 Å². The summed E-state index contributed by atoms with van der Waals surface area (Å²) < 4.78 is 7.23. The SMILES string of the molecule is c1ccc(-c2cc3c(ccc4c5ccccc5n(-c5ccc(N(c6ccccc6)c6ccc7c(c6)c6ccccc6n7-c6ccccc6)cc5)c43)n2-c2ccccc2)cc1. The lowest BCUT2D eigenvalue weighted by atomic mass is 10.1. The Morgan fingerprint density at radius 3 is 1.42 bits per heavy atom. The van der Waals surface area contributed by atoms with Crippen molar-refractivity contribution >= 4 is 71.6 Å². The molecule has 12 aromatic rings. The number of hydrogen-bond acceptors (Lipinski definition) is 1. The predicted octanol–water partition coefficient (Wildman–Crippen LogP) is 15.0. The Morgan fingerprint density at radius 1 is 0.267 bits per heavy atom. The summed E-state index contributed by atoms with van der Waals surface area (Å²) in [5, 5.41) is 6.14. The molecule has 0 bridgehead atoms. The zero-order chi connectivity index (χ0) is 39.6. The molecule has 60 heavy (non-hydrogen) atoms. The molecular formula is C56H38N4. The zero-order valence-electron chi connectivity index (χ0n) is 32.7. The van der Waals surface area contributed by atoms with Gasteiger partial charge in [0.05, 0.1) is 33.3 Å². The van der Waals surface area contributed by atoms with Crippen molar-refractivity contribution in [1.82, 2.24) is 13.7 Å². The van der Waals surface area contributed by atoms with Gasteiger partial charge in [0.1, 0.15) is 0 Å². The van der Waals surface area contributed by atoms with E-state index < -0.39 is 0 Å². The molecule has 0 aliphatic rings. The lowest BCUT2D eigenvalue weighted by molar-refractivity contribution is 1.13. The average Bonchev–Trinajstić information content (AvgIpc) is 3.99. The highest BCUT2D eigenvalue weighted by Gasteiger charge is 2.22. The van der Waals surface area contributed by atoms with Gasteiger partial charge in [-0.05, 0) is 109 Å². The first kappa shape index (κ1) is 34.0. The fourth-order valence-corrected chi connectivity index (χ4v) is 9.42. The summed E-state index contributed by atoms with van der Waals surface area (Å²) >= 11 is 0. The van der Waals surface area contributed by atoms with Crippen LogP contribution in [-0.4, -0.2) is 13.7 Å². The Hall–Kier alpha value is -8.08. The summed E-state index contributed by atoms with van der Waals surface area (Å²) in [7, 11) is 0. The van der Waals surface area contributed by atoms with Crippen LogP contribution >= 0.6 is 0 Å². The summed E-state index contributed by atoms with van der Waals surface area (Å²) in [6, 6.07) is 83.3. The van der Waals surface area contributed by atoms with Crippen molar-refractivity contribution in [2.45, 2.75) is 0 Å². The summed E-state index contributed by atoms with van der Waals surface area (Å²) in [4.78, 5) is 2.37. The van der Waals surface area contributed by atoms with Crippen LogP contribution in [0.15, 0.2) is 231 Å². The number of fused-ring (bicyclic) bond motifs is 8. The van der Waals surface area contributed by atoms with Crippen molar-refractivity contribution in [3.63, 3.8) is 0 Å². The van der Waals surface area contributed by atoms with Crippen molar-refractivity contribution in [1.29, 1.82) is 0 Å². The van der Waals surface area contributed by atoms with Gasteiger partial charge in [0.2, 0.25) is 0 Å². The molecule has 0 saturated heterocycles. The van der Waals surface area contributed by atoms with Gasteiger partial charge in [0.25, 0.3) is 0 Å². The minimum atomic E-state index is 1.09. The molecule has 12 rings (SSSR count). The van der Waals surface area contributed by atoms with E-state index in [1.165, 1.54) is 65.8 Å². The molecular weight excluding hydrogens is 729 g/mol. The van der Waals surface area contributed by atoms with Gasteiger partial charge >= 0.3 is 0 Å². The topological polar surface area (TPSA) is 18.0 Å². The molecule has 0 fully saturated rings. The average molecular weight is 767 g/mol. The summed E-state index contributed by atoms with van der Waals surface area (Å²) in [6.07, 6.45) is 0. The molecule has 0 atom stereocenters. The van der Waals surface area contributed by atoms with Gasteiger partial charge < -0.3 is 18.6 Å². The fraction of sp³-hybridized carbons (Fsp3) is 0. The van der Waals surface area contributed by atoms with Gasteiger partial charge in [-0.2, -0.15) is 0 Å². The smallest absolute Gasteiger partial charge is 0.0635 e. The van der Waals surface area contributed by atoms with Gasteiger partial charge in [-0.1, -0.05) is 127 Å². The second kappa shape index (κ2) is 13.8. The Bertz CT molecular complexity index is 3510. The molecule has 0 amide bonds. The summed E-state index contributed by atoms with van der Waals surface area (Å²) in [6.45, 7) is 0. The van der Waals surface area contributed by atoms with E-state index in [2.05, 4.69) is 249 Å². The quantitative estimate of drug-likeness (QED) is 0.158. The minimum absolute atomic E-state index is 1.09. The monoisotopic (exact) mass is 766 g/mol. The van der Waals surface area contributed by atoms with Crippen molar-refractivity contribution < 1.29 is 0 Å². The van der Waals surface area contributed by atoms with Gasteiger partial charge in [-0.25, -0.2) is 0 Å². The zero-order valence-corrected chi connectivity index (χ0v) is 32.7. The van der Waals surface area contributed by atoms with E-state index in [-0.39, 0.29) is 0 Å². The van der Waals surface area contributed by atoms with Crippen LogP contribution in [0.3, 0.4) is 0 Å². The molecule has 4 nitrogen and oxygen atoms in total. The minimum Gasteiger partial charge on any atom is -0.310 e. The lowest BCUT2D eigenvalue weighted by Crippen LogP contribution is -2.10. The maximum Gasteiger partial charge on any atom is 0.0635 e. The van der Waals surface area contributed by atoms with Crippen molar-refractivity contribution in [3.8, 4) is 28.3 Å². The molecule has 0 aliphatic heterocycles. The van der Waals surface area contributed by atoms with Crippen molar-refractivity contribution in [3.05, 3.63) is 231 Å². The molecule has 9 aromatic carbocycles. The van der Waals surface area contributed by atoms with Gasteiger partial charge in [0.15, 0.2) is 0 Å². The van der Waals surface area contributed by atoms with E-state index in [9.17, 15) is 0 Å². The predicted molar refractivity (Wildman–Crippen MR) is 252 cm³/mol. The van der Waals surface area contributed by atoms with Gasteiger partial charge in [0, 0.05) is 61.1 Å². The number of benzene rings is 9. The van der Waals surface area contributed by atoms with E-state index in [1.54, 1.807) is 0 Å². The Kier molecular flexibility index (Phi) is 7.82. The van der Waals surface area contributed by atoms with Crippen molar-refractivity contribution in [2.75, 3.05) is 4.90 Å². The molecule has 0 N–H and O–H groups in total. The molecule has 4 heteroatoms. The number of rotatable bonds is 7. The Labute approximate surface area is 347 Å². The highest BCUT2D eigenvalue weighted by molar-refractivity contribution is 6.19. The number of aromatic nitrogens is 3. The number of hydrogen-bond donors (Lipinski definition) is 0. The molecule has 3 aromatic heterocycles. The van der Waals surface area contributed by atoms with Crippen LogP contribution < -0.4 is 4.90 Å². The second-order valence-electron chi connectivity index (χ2n) is 15.4. The highest BCUT2D eigenvalue weighted by Crippen LogP contribution is 2.43. The van der Waals surface area contributed by atoms with Crippen LogP contribution in [0.1, 0.15) is 0 Å². The first-order valence-corrected chi connectivity index (χ1v) is 20.5. The maximum atomic E-state index is 2.46. The number of anilines is 3. The maximum absolute atomic E-state index is 2.46. The largest absolute Gasteiger partial charge is 0.310 e. The second-order valence-corrected chi connectivity index (χ2v) is 15.4. The van der Waals surface area contributed by atoms with Crippen LogP contribution in [0.25, 0.3) is 82.8 Å². The standard InChI is InChI=1S/C56H38N4/c1-5-17-39(18-6-1)55-38-50-54(59(55)42-23-11-4-12-24-42)36-34-48-46-25-13-16-28-52(46)60(56(48)50)44-31-29-43(30-32-44)57(40-19-7-2-8-20-40)45-33-35-53-49(37-45)47-26-14-15-27-51(47)58(53)41-21-9-3-10-22-41/h1-38H. The molecule has 0 saturated carbocycles. The highest BCUT2D eigenvalue weighted by atomic mass is 15.1. The van der Waals surface area contributed by atoms with Crippen LogP contribution in [0.4, 0.5) is 17.1 Å². The van der Waals surface area contributed by atoms with E-state index >= 15 is 0 Å². The van der Waals surface area contributed by atoms with Crippen molar-refractivity contribution in [2.24, 2.45) is 0 Å². The molecule has 0 spiro atoms. The van der Waals surface area contributed by atoms with Gasteiger partial charge in [-0.3, -0.25) is 0 Å². The van der Waals surface area contributed by atoms with E-state index in [1.807, 2.05) is 0 Å². The first-order chi connectivity index (χ1) is 29.8.